The van der Waals surface area contributed by atoms with Gasteiger partial charge in [0.1, 0.15) is 10.7 Å². The fourth-order valence-corrected chi connectivity index (χ4v) is 3.70. The van der Waals surface area contributed by atoms with Gasteiger partial charge in [-0.2, -0.15) is 0 Å². The number of hydrogen-bond donors (Lipinski definition) is 0. The minimum Gasteiger partial charge on any atom is -0.279 e. The molecule has 0 spiro atoms. The number of nitrogens with zero attached hydrogens (tertiary/aromatic N) is 1. The number of aliphatic imine (C=N–C) groups is 1. The molecule has 0 aromatic heterocycles. The smallest absolute Gasteiger partial charge is 0.244 e. The number of thioether (sulfide) groups is 1. The standard InChI is InChI=1S/C16H8Cl2INOS/c17-10-3-1-2-9(6-10)7-14-16(21)22-15(20-14)12-8-11(19)4-5-13(12)18/h1-8H. The lowest BCUT2D eigenvalue weighted by Gasteiger charge is -2.02. The Morgan fingerprint density at radius 1 is 1.14 bits per heavy atom. The van der Waals surface area contributed by atoms with Gasteiger partial charge in [-0.25, -0.2) is 4.99 Å². The highest BCUT2D eigenvalue weighted by Crippen LogP contribution is 2.32. The SMILES string of the molecule is O=C1SC(c2cc(I)ccc2Cl)=NC1=Cc1cccc(Cl)c1. The van der Waals surface area contributed by atoms with E-state index >= 15 is 0 Å². The van der Waals surface area contributed by atoms with Crippen molar-refractivity contribution in [1.29, 1.82) is 0 Å². The van der Waals surface area contributed by atoms with E-state index in [0.29, 0.717) is 20.8 Å². The van der Waals surface area contributed by atoms with Crippen molar-refractivity contribution in [3.63, 3.8) is 0 Å². The summed E-state index contributed by atoms with van der Waals surface area (Å²) in [7, 11) is 0. The van der Waals surface area contributed by atoms with Crippen LogP contribution in [0.1, 0.15) is 11.1 Å². The molecule has 0 saturated carbocycles. The summed E-state index contributed by atoms with van der Waals surface area (Å²) in [5.74, 6) is 0. The molecule has 0 saturated heterocycles. The van der Waals surface area contributed by atoms with Crippen LogP contribution >= 0.6 is 57.6 Å². The molecule has 0 bridgehead atoms. The average molecular weight is 460 g/mol. The van der Waals surface area contributed by atoms with Crippen LogP contribution in [0.4, 0.5) is 0 Å². The number of rotatable bonds is 2. The van der Waals surface area contributed by atoms with Gasteiger partial charge in [0.05, 0.1) is 5.02 Å². The number of hydrogen-bond acceptors (Lipinski definition) is 3. The van der Waals surface area contributed by atoms with Crippen molar-refractivity contribution < 1.29 is 4.79 Å². The summed E-state index contributed by atoms with van der Waals surface area (Å²) in [6.07, 6.45) is 1.73. The molecule has 1 heterocycles. The normalized spacial score (nSPS) is 16.2. The first kappa shape index (κ1) is 16.1. The second-order valence-electron chi connectivity index (χ2n) is 4.52. The van der Waals surface area contributed by atoms with Gasteiger partial charge in [-0.3, -0.25) is 4.79 Å². The number of benzene rings is 2. The predicted molar refractivity (Wildman–Crippen MR) is 103 cm³/mol. The van der Waals surface area contributed by atoms with E-state index < -0.39 is 0 Å². The first-order valence-electron chi connectivity index (χ1n) is 6.26. The van der Waals surface area contributed by atoms with Crippen LogP contribution in [0.2, 0.25) is 10.0 Å². The highest BCUT2D eigenvalue weighted by molar-refractivity contribution is 14.1. The Hall–Kier alpha value is -0.820. The van der Waals surface area contributed by atoms with Gasteiger partial charge >= 0.3 is 0 Å². The minimum absolute atomic E-state index is 0.0927. The lowest BCUT2D eigenvalue weighted by Crippen LogP contribution is -1.95. The topological polar surface area (TPSA) is 29.4 Å². The zero-order chi connectivity index (χ0) is 15.7. The van der Waals surface area contributed by atoms with E-state index in [-0.39, 0.29) is 5.12 Å². The first-order chi connectivity index (χ1) is 10.5. The first-order valence-corrected chi connectivity index (χ1v) is 8.91. The molecule has 1 aliphatic rings. The minimum atomic E-state index is -0.0927. The van der Waals surface area contributed by atoms with Gasteiger partial charge in [0.15, 0.2) is 0 Å². The van der Waals surface area contributed by atoms with E-state index in [2.05, 4.69) is 27.6 Å². The molecular weight excluding hydrogens is 452 g/mol. The summed E-state index contributed by atoms with van der Waals surface area (Å²) in [5, 5.41) is 1.74. The molecule has 0 radical (unpaired) electrons. The maximum atomic E-state index is 12.1. The summed E-state index contributed by atoms with van der Waals surface area (Å²) in [6, 6.07) is 12.9. The Balaban J connectivity index is 2.00. The lowest BCUT2D eigenvalue weighted by molar-refractivity contribution is -0.107. The van der Waals surface area contributed by atoms with Gasteiger partial charge in [-0.1, -0.05) is 35.3 Å². The zero-order valence-electron chi connectivity index (χ0n) is 11.0. The Labute approximate surface area is 155 Å². The van der Waals surface area contributed by atoms with Crippen molar-refractivity contribution >= 4 is 73.8 Å². The average Bonchev–Trinajstić information content (AvgIpc) is 2.83. The number of carbonyl (C=O) groups excluding carboxylic acids is 1. The molecule has 0 amide bonds. The molecule has 110 valence electrons. The largest absolute Gasteiger partial charge is 0.279 e. The molecular formula is C16H8Cl2INOS. The molecule has 0 atom stereocenters. The summed E-state index contributed by atoms with van der Waals surface area (Å²) in [4.78, 5) is 16.6. The van der Waals surface area contributed by atoms with Gasteiger partial charge in [-0.15, -0.1) is 0 Å². The maximum Gasteiger partial charge on any atom is 0.244 e. The quantitative estimate of drug-likeness (QED) is 0.428. The van der Waals surface area contributed by atoms with Crippen LogP contribution in [0.3, 0.4) is 0 Å². The molecule has 2 nitrogen and oxygen atoms in total. The summed E-state index contributed by atoms with van der Waals surface area (Å²) in [5.41, 5.74) is 2.02. The van der Waals surface area contributed by atoms with Crippen LogP contribution in [-0.2, 0) is 4.79 Å². The van der Waals surface area contributed by atoms with Crippen molar-refractivity contribution in [2.45, 2.75) is 0 Å². The fourth-order valence-electron chi connectivity index (χ4n) is 1.94. The van der Waals surface area contributed by atoms with Crippen LogP contribution in [0.15, 0.2) is 53.2 Å². The van der Waals surface area contributed by atoms with E-state index in [1.807, 2.05) is 30.3 Å². The molecule has 2 aromatic carbocycles. The molecule has 0 fully saturated rings. The molecule has 6 heteroatoms. The van der Waals surface area contributed by atoms with Gasteiger partial charge in [0.25, 0.3) is 0 Å². The Morgan fingerprint density at radius 2 is 1.95 bits per heavy atom. The van der Waals surface area contributed by atoms with Gasteiger partial charge in [0, 0.05) is 14.2 Å². The van der Waals surface area contributed by atoms with Crippen molar-refractivity contribution in [3.8, 4) is 0 Å². The molecule has 1 aliphatic heterocycles. The van der Waals surface area contributed by atoms with E-state index in [1.54, 1.807) is 18.2 Å². The van der Waals surface area contributed by atoms with Crippen molar-refractivity contribution in [3.05, 3.63) is 72.9 Å². The molecule has 3 rings (SSSR count). The van der Waals surface area contributed by atoms with E-state index in [0.717, 1.165) is 26.5 Å². The molecule has 0 N–H and O–H groups in total. The molecule has 2 aromatic rings. The van der Waals surface area contributed by atoms with Gasteiger partial charge in [0.2, 0.25) is 5.12 Å². The zero-order valence-corrected chi connectivity index (χ0v) is 15.5. The third-order valence-electron chi connectivity index (χ3n) is 2.93. The highest BCUT2D eigenvalue weighted by atomic mass is 127. The molecule has 0 aliphatic carbocycles. The van der Waals surface area contributed by atoms with Crippen LogP contribution in [0.5, 0.6) is 0 Å². The van der Waals surface area contributed by atoms with Crippen molar-refractivity contribution in [2.75, 3.05) is 0 Å². The van der Waals surface area contributed by atoms with Gasteiger partial charge in [-0.05, 0) is 76.3 Å². The Bertz CT molecular complexity index is 833. The predicted octanol–water partition coefficient (Wildman–Crippen LogP) is 5.66. The number of carbonyl (C=O) groups is 1. The van der Waals surface area contributed by atoms with E-state index in [4.69, 9.17) is 23.2 Å². The Morgan fingerprint density at radius 3 is 2.73 bits per heavy atom. The summed E-state index contributed by atoms with van der Waals surface area (Å²) < 4.78 is 1.04. The third kappa shape index (κ3) is 3.56. The van der Waals surface area contributed by atoms with Crippen molar-refractivity contribution in [1.82, 2.24) is 0 Å². The monoisotopic (exact) mass is 459 g/mol. The van der Waals surface area contributed by atoms with E-state index in [1.165, 1.54) is 0 Å². The maximum absolute atomic E-state index is 12.1. The van der Waals surface area contributed by atoms with E-state index in [9.17, 15) is 4.79 Å². The van der Waals surface area contributed by atoms with Crippen LogP contribution in [0, 0.1) is 3.57 Å². The van der Waals surface area contributed by atoms with Gasteiger partial charge < -0.3 is 0 Å². The highest BCUT2D eigenvalue weighted by Gasteiger charge is 2.24. The number of halogens is 3. The fraction of sp³-hybridized carbons (Fsp3) is 0. The van der Waals surface area contributed by atoms with Crippen LogP contribution in [0.25, 0.3) is 6.08 Å². The second kappa shape index (κ2) is 6.74. The molecule has 22 heavy (non-hydrogen) atoms. The Kier molecular flexibility index (Phi) is 4.92. The lowest BCUT2D eigenvalue weighted by atomic mass is 10.2. The summed E-state index contributed by atoms with van der Waals surface area (Å²) in [6.45, 7) is 0. The third-order valence-corrected chi connectivity index (χ3v) is 5.07. The summed E-state index contributed by atoms with van der Waals surface area (Å²) >= 11 is 15.5. The van der Waals surface area contributed by atoms with Crippen LogP contribution in [-0.4, -0.2) is 10.2 Å². The molecule has 0 unspecified atom stereocenters. The van der Waals surface area contributed by atoms with Crippen molar-refractivity contribution in [2.24, 2.45) is 4.99 Å². The second-order valence-corrected chi connectivity index (χ2v) is 7.57. The van der Waals surface area contributed by atoms with Crippen LogP contribution < -0.4 is 0 Å².